The SMILES string of the molecule is C=CC(=O)N1CCN(CCCC)C1=O. The second kappa shape index (κ2) is 4.79. The van der Waals surface area contributed by atoms with Crippen LogP contribution in [0.4, 0.5) is 4.79 Å². The van der Waals surface area contributed by atoms with Gasteiger partial charge in [0, 0.05) is 19.6 Å². The van der Waals surface area contributed by atoms with Crippen LogP contribution in [0.2, 0.25) is 0 Å². The highest BCUT2D eigenvalue weighted by Crippen LogP contribution is 2.10. The first kappa shape index (κ1) is 10.8. The van der Waals surface area contributed by atoms with Crippen molar-refractivity contribution in [3.63, 3.8) is 0 Å². The number of hydrogen-bond donors (Lipinski definition) is 0. The molecule has 78 valence electrons. The Labute approximate surface area is 84.2 Å². The minimum absolute atomic E-state index is 0.177. The van der Waals surface area contributed by atoms with Crippen LogP contribution in [-0.4, -0.2) is 41.4 Å². The Balaban J connectivity index is 2.51. The summed E-state index contributed by atoms with van der Waals surface area (Å²) in [4.78, 5) is 25.8. The second-order valence-corrected chi connectivity index (χ2v) is 3.32. The Morgan fingerprint density at radius 2 is 2.29 bits per heavy atom. The molecule has 0 atom stereocenters. The Morgan fingerprint density at radius 3 is 2.86 bits per heavy atom. The van der Waals surface area contributed by atoms with Gasteiger partial charge in [0.25, 0.3) is 5.91 Å². The number of imide groups is 1. The number of unbranched alkanes of at least 4 members (excludes halogenated alkanes) is 1. The van der Waals surface area contributed by atoms with E-state index in [0.29, 0.717) is 13.1 Å². The average molecular weight is 196 g/mol. The maximum atomic E-state index is 11.6. The Kier molecular flexibility index (Phi) is 3.68. The van der Waals surface area contributed by atoms with Gasteiger partial charge in [-0.1, -0.05) is 19.9 Å². The van der Waals surface area contributed by atoms with Gasteiger partial charge in [0.05, 0.1) is 0 Å². The first-order chi connectivity index (χ1) is 6.70. The molecule has 1 aliphatic heterocycles. The summed E-state index contributed by atoms with van der Waals surface area (Å²) in [5.41, 5.74) is 0. The minimum atomic E-state index is -0.297. The zero-order chi connectivity index (χ0) is 10.6. The molecule has 4 nitrogen and oxygen atoms in total. The molecule has 4 heteroatoms. The monoisotopic (exact) mass is 196 g/mol. The van der Waals surface area contributed by atoms with E-state index in [2.05, 4.69) is 13.5 Å². The minimum Gasteiger partial charge on any atom is -0.322 e. The van der Waals surface area contributed by atoms with Gasteiger partial charge in [-0.25, -0.2) is 4.79 Å². The standard InChI is InChI=1S/C10H16N2O2/c1-3-5-6-11-7-8-12(10(11)14)9(13)4-2/h4H,2-3,5-8H2,1H3. The third kappa shape index (κ3) is 2.13. The van der Waals surface area contributed by atoms with Gasteiger partial charge < -0.3 is 4.90 Å². The van der Waals surface area contributed by atoms with Gasteiger partial charge in [0.2, 0.25) is 0 Å². The van der Waals surface area contributed by atoms with Crippen molar-refractivity contribution in [1.29, 1.82) is 0 Å². The fourth-order valence-corrected chi connectivity index (χ4v) is 1.45. The van der Waals surface area contributed by atoms with E-state index in [4.69, 9.17) is 0 Å². The van der Waals surface area contributed by atoms with Crippen LogP contribution in [0.15, 0.2) is 12.7 Å². The van der Waals surface area contributed by atoms with Crippen LogP contribution in [0.5, 0.6) is 0 Å². The van der Waals surface area contributed by atoms with Gasteiger partial charge in [-0.2, -0.15) is 0 Å². The zero-order valence-electron chi connectivity index (χ0n) is 8.53. The van der Waals surface area contributed by atoms with Crippen molar-refractivity contribution in [2.24, 2.45) is 0 Å². The molecule has 0 N–H and O–H groups in total. The summed E-state index contributed by atoms with van der Waals surface area (Å²) in [5.74, 6) is -0.297. The molecule has 1 saturated heterocycles. The molecule has 1 fully saturated rings. The van der Waals surface area contributed by atoms with Crippen molar-refractivity contribution in [2.45, 2.75) is 19.8 Å². The number of rotatable bonds is 4. The highest BCUT2D eigenvalue weighted by atomic mass is 16.2. The van der Waals surface area contributed by atoms with Crippen LogP contribution >= 0.6 is 0 Å². The van der Waals surface area contributed by atoms with E-state index in [1.165, 1.54) is 11.0 Å². The summed E-state index contributed by atoms with van der Waals surface area (Å²) in [6.45, 7) is 7.33. The van der Waals surface area contributed by atoms with E-state index in [1.807, 2.05) is 0 Å². The molecule has 0 aromatic rings. The molecule has 1 heterocycles. The average Bonchev–Trinajstić information content (AvgIpc) is 2.56. The van der Waals surface area contributed by atoms with Crippen molar-refractivity contribution < 1.29 is 9.59 Å². The predicted molar refractivity (Wildman–Crippen MR) is 53.8 cm³/mol. The number of carbonyl (C=O) groups excluding carboxylic acids is 2. The zero-order valence-corrected chi connectivity index (χ0v) is 8.53. The van der Waals surface area contributed by atoms with E-state index >= 15 is 0 Å². The van der Waals surface area contributed by atoms with Crippen molar-refractivity contribution in [1.82, 2.24) is 9.80 Å². The lowest BCUT2D eigenvalue weighted by Gasteiger charge is -2.15. The first-order valence-electron chi connectivity index (χ1n) is 4.93. The lowest BCUT2D eigenvalue weighted by Crippen LogP contribution is -2.35. The molecule has 0 aromatic carbocycles. The van der Waals surface area contributed by atoms with E-state index in [0.717, 1.165) is 19.4 Å². The van der Waals surface area contributed by atoms with Gasteiger partial charge >= 0.3 is 6.03 Å². The summed E-state index contributed by atoms with van der Waals surface area (Å²) < 4.78 is 0. The van der Waals surface area contributed by atoms with Crippen LogP contribution < -0.4 is 0 Å². The maximum Gasteiger partial charge on any atom is 0.327 e. The molecule has 0 aromatic heterocycles. The number of hydrogen-bond acceptors (Lipinski definition) is 2. The summed E-state index contributed by atoms with van der Waals surface area (Å²) >= 11 is 0. The first-order valence-corrected chi connectivity index (χ1v) is 4.93. The van der Waals surface area contributed by atoms with E-state index < -0.39 is 0 Å². The molecule has 0 radical (unpaired) electrons. The van der Waals surface area contributed by atoms with Gasteiger partial charge in [0.1, 0.15) is 0 Å². The Morgan fingerprint density at radius 1 is 1.57 bits per heavy atom. The van der Waals surface area contributed by atoms with E-state index in [1.54, 1.807) is 4.90 Å². The largest absolute Gasteiger partial charge is 0.327 e. The van der Waals surface area contributed by atoms with Crippen molar-refractivity contribution in [3.05, 3.63) is 12.7 Å². The highest BCUT2D eigenvalue weighted by molar-refractivity contribution is 6.01. The number of urea groups is 1. The molecule has 1 aliphatic rings. The predicted octanol–water partition coefficient (Wildman–Crippen LogP) is 1.24. The van der Waals surface area contributed by atoms with Crippen molar-refractivity contribution in [3.8, 4) is 0 Å². The lowest BCUT2D eigenvalue weighted by molar-refractivity contribution is -0.122. The van der Waals surface area contributed by atoms with Crippen LogP contribution in [0.25, 0.3) is 0 Å². The summed E-state index contributed by atoms with van der Waals surface area (Å²) in [7, 11) is 0. The smallest absolute Gasteiger partial charge is 0.322 e. The number of nitrogens with zero attached hydrogens (tertiary/aromatic N) is 2. The van der Waals surface area contributed by atoms with E-state index in [9.17, 15) is 9.59 Å². The molecule has 0 spiro atoms. The van der Waals surface area contributed by atoms with Crippen LogP contribution in [0.1, 0.15) is 19.8 Å². The number of carbonyl (C=O) groups is 2. The van der Waals surface area contributed by atoms with Crippen molar-refractivity contribution in [2.75, 3.05) is 19.6 Å². The molecule has 3 amide bonds. The molecular formula is C10H16N2O2. The quantitative estimate of drug-likeness (QED) is 0.635. The number of amides is 3. The summed E-state index contributed by atoms with van der Waals surface area (Å²) in [6.07, 6.45) is 3.22. The molecule has 0 unspecified atom stereocenters. The molecule has 0 aliphatic carbocycles. The Bertz CT molecular complexity index is 251. The van der Waals surface area contributed by atoms with Gasteiger partial charge in [-0.3, -0.25) is 9.69 Å². The third-order valence-corrected chi connectivity index (χ3v) is 2.32. The van der Waals surface area contributed by atoms with Crippen LogP contribution in [0.3, 0.4) is 0 Å². The lowest BCUT2D eigenvalue weighted by atomic mass is 10.3. The van der Waals surface area contributed by atoms with Crippen LogP contribution in [0, 0.1) is 0 Å². The van der Waals surface area contributed by atoms with E-state index in [-0.39, 0.29) is 11.9 Å². The molecule has 0 saturated carbocycles. The Hall–Kier alpha value is -1.32. The molecular weight excluding hydrogens is 180 g/mol. The van der Waals surface area contributed by atoms with Gasteiger partial charge in [-0.15, -0.1) is 0 Å². The fraction of sp³-hybridized carbons (Fsp3) is 0.600. The molecule has 1 rings (SSSR count). The summed E-state index contributed by atoms with van der Waals surface area (Å²) in [5, 5.41) is 0. The van der Waals surface area contributed by atoms with Crippen LogP contribution in [-0.2, 0) is 4.79 Å². The highest BCUT2D eigenvalue weighted by Gasteiger charge is 2.30. The normalized spacial score (nSPS) is 16.2. The third-order valence-electron chi connectivity index (χ3n) is 2.32. The second-order valence-electron chi connectivity index (χ2n) is 3.32. The molecule has 0 bridgehead atoms. The van der Waals surface area contributed by atoms with Crippen molar-refractivity contribution >= 4 is 11.9 Å². The fourth-order valence-electron chi connectivity index (χ4n) is 1.45. The summed E-state index contributed by atoms with van der Waals surface area (Å²) in [6, 6.07) is -0.177. The topological polar surface area (TPSA) is 40.6 Å². The maximum absolute atomic E-state index is 11.6. The molecule has 14 heavy (non-hydrogen) atoms. The van der Waals surface area contributed by atoms with Gasteiger partial charge in [-0.05, 0) is 12.5 Å². The van der Waals surface area contributed by atoms with Gasteiger partial charge in [0.15, 0.2) is 0 Å².